The van der Waals surface area contributed by atoms with Gasteiger partial charge in [0.25, 0.3) is 0 Å². The van der Waals surface area contributed by atoms with Crippen molar-refractivity contribution in [1.82, 2.24) is 0 Å². The fourth-order valence-electron chi connectivity index (χ4n) is 2.94. The predicted octanol–water partition coefficient (Wildman–Crippen LogP) is 3.22. The van der Waals surface area contributed by atoms with E-state index < -0.39 is 5.97 Å². The van der Waals surface area contributed by atoms with Crippen molar-refractivity contribution in [2.45, 2.75) is 13.3 Å². The molecule has 1 amide bonds. The SMILES string of the molecule is CCOc1ccc(N2CC(COc3ccc(C(=O)O)cc3)CC2=O)cc1. The highest BCUT2D eigenvalue weighted by molar-refractivity contribution is 5.95. The molecule has 1 atom stereocenters. The minimum absolute atomic E-state index is 0.0731. The van der Waals surface area contributed by atoms with Crippen molar-refractivity contribution in [3.63, 3.8) is 0 Å². The second kappa shape index (κ2) is 7.91. The minimum Gasteiger partial charge on any atom is -0.494 e. The summed E-state index contributed by atoms with van der Waals surface area (Å²) in [5.74, 6) is 0.579. The molecular formula is C20H21NO5. The number of benzene rings is 2. The number of carboxylic acid groups (broad SMARTS) is 1. The Morgan fingerprint density at radius 1 is 1.08 bits per heavy atom. The molecule has 136 valence electrons. The summed E-state index contributed by atoms with van der Waals surface area (Å²) in [6, 6.07) is 13.8. The van der Waals surface area contributed by atoms with E-state index in [0.29, 0.717) is 31.9 Å². The van der Waals surface area contributed by atoms with Gasteiger partial charge in [0.15, 0.2) is 0 Å². The van der Waals surface area contributed by atoms with Crippen LogP contribution in [0.3, 0.4) is 0 Å². The van der Waals surface area contributed by atoms with Crippen LogP contribution in [0.5, 0.6) is 11.5 Å². The summed E-state index contributed by atoms with van der Waals surface area (Å²) in [6.07, 6.45) is 0.431. The first-order chi connectivity index (χ1) is 12.6. The van der Waals surface area contributed by atoms with Crippen LogP contribution in [0.15, 0.2) is 48.5 Å². The molecule has 1 aliphatic heterocycles. The van der Waals surface area contributed by atoms with Crippen molar-refractivity contribution in [2.24, 2.45) is 5.92 Å². The number of hydrogen-bond donors (Lipinski definition) is 1. The quantitative estimate of drug-likeness (QED) is 0.825. The second-order valence-corrected chi connectivity index (χ2v) is 6.14. The molecule has 1 N–H and O–H groups in total. The lowest BCUT2D eigenvalue weighted by Gasteiger charge is -2.17. The Morgan fingerprint density at radius 2 is 1.69 bits per heavy atom. The number of carboxylic acids is 1. The average molecular weight is 355 g/mol. The molecule has 26 heavy (non-hydrogen) atoms. The fourth-order valence-corrected chi connectivity index (χ4v) is 2.94. The Hall–Kier alpha value is -3.02. The van der Waals surface area contributed by atoms with Gasteiger partial charge in [0.1, 0.15) is 11.5 Å². The van der Waals surface area contributed by atoms with E-state index in [1.807, 2.05) is 31.2 Å². The smallest absolute Gasteiger partial charge is 0.335 e. The van der Waals surface area contributed by atoms with Gasteiger partial charge in [0.05, 0.1) is 18.8 Å². The summed E-state index contributed by atoms with van der Waals surface area (Å²) in [5.41, 5.74) is 1.07. The van der Waals surface area contributed by atoms with Crippen molar-refractivity contribution in [3.8, 4) is 11.5 Å². The Kier molecular flexibility index (Phi) is 5.41. The van der Waals surface area contributed by atoms with Gasteiger partial charge < -0.3 is 19.5 Å². The molecule has 1 aliphatic rings. The van der Waals surface area contributed by atoms with E-state index in [-0.39, 0.29) is 17.4 Å². The van der Waals surface area contributed by atoms with Gasteiger partial charge in [0.2, 0.25) is 5.91 Å². The summed E-state index contributed by atoms with van der Waals surface area (Å²) in [5, 5.41) is 8.90. The Balaban J connectivity index is 1.56. The Labute approximate surface area is 152 Å². The molecule has 2 aromatic rings. The molecule has 1 saturated heterocycles. The van der Waals surface area contributed by atoms with Crippen molar-refractivity contribution in [3.05, 3.63) is 54.1 Å². The molecule has 6 nitrogen and oxygen atoms in total. The zero-order valence-corrected chi connectivity index (χ0v) is 14.6. The van der Waals surface area contributed by atoms with E-state index in [4.69, 9.17) is 14.6 Å². The minimum atomic E-state index is -0.969. The van der Waals surface area contributed by atoms with Gasteiger partial charge >= 0.3 is 5.97 Å². The summed E-state index contributed by atoms with van der Waals surface area (Å²) in [6.45, 7) is 3.54. The van der Waals surface area contributed by atoms with Crippen LogP contribution in [-0.4, -0.2) is 36.7 Å². The second-order valence-electron chi connectivity index (χ2n) is 6.14. The summed E-state index contributed by atoms with van der Waals surface area (Å²) < 4.78 is 11.1. The maximum absolute atomic E-state index is 12.3. The highest BCUT2D eigenvalue weighted by Gasteiger charge is 2.31. The van der Waals surface area contributed by atoms with Crippen LogP contribution >= 0.6 is 0 Å². The normalized spacial score (nSPS) is 16.6. The van der Waals surface area contributed by atoms with Gasteiger partial charge in [-0.1, -0.05) is 0 Å². The molecule has 2 aromatic carbocycles. The molecule has 1 heterocycles. The molecule has 6 heteroatoms. The third-order valence-corrected chi connectivity index (χ3v) is 4.25. The van der Waals surface area contributed by atoms with Crippen molar-refractivity contribution < 1.29 is 24.2 Å². The van der Waals surface area contributed by atoms with Crippen LogP contribution < -0.4 is 14.4 Å². The number of anilines is 1. The number of amides is 1. The standard InChI is InChI=1S/C20H21NO5/c1-2-25-17-9-5-16(6-10-17)21-12-14(11-19(21)22)13-26-18-7-3-15(4-8-18)20(23)24/h3-10,14H,2,11-13H2,1H3,(H,23,24). The first-order valence-corrected chi connectivity index (χ1v) is 8.56. The monoisotopic (exact) mass is 355 g/mol. The van der Waals surface area contributed by atoms with Crippen LogP contribution in [0.25, 0.3) is 0 Å². The van der Waals surface area contributed by atoms with E-state index in [1.54, 1.807) is 17.0 Å². The zero-order valence-electron chi connectivity index (χ0n) is 14.6. The van der Waals surface area contributed by atoms with Gasteiger partial charge in [-0.3, -0.25) is 4.79 Å². The highest BCUT2D eigenvalue weighted by atomic mass is 16.5. The lowest BCUT2D eigenvalue weighted by molar-refractivity contribution is -0.117. The first kappa shape index (κ1) is 17.8. The average Bonchev–Trinajstić information content (AvgIpc) is 3.02. The molecule has 0 saturated carbocycles. The Bertz CT molecular complexity index is 770. The van der Waals surface area contributed by atoms with E-state index >= 15 is 0 Å². The first-order valence-electron chi connectivity index (χ1n) is 8.56. The molecule has 1 fully saturated rings. The molecule has 0 spiro atoms. The van der Waals surface area contributed by atoms with Crippen LogP contribution in [0.1, 0.15) is 23.7 Å². The van der Waals surface area contributed by atoms with Gasteiger partial charge in [-0.15, -0.1) is 0 Å². The third-order valence-electron chi connectivity index (χ3n) is 4.25. The zero-order chi connectivity index (χ0) is 18.5. The van der Waals surface area contributed by atoms with Crippen molar-refractivity contribution in [2.75, 3.05) is 24.7 Å². The van der Waals surface area contributed by atoms with E-state index in [2.05, 4.69) is 0 Å². The lowest BCUT2D eigenvalue weighted by Crippen LogP contribution is -2.25. The van der Waals surface area contributed by atoms with E-state index in [9.17, 15) is 9.59 Å². The molecular weight excluding hydrogens is 334 g/mol. The Morgan fingerprint density at radius 3 is 2.31 bits per heavy atom. The van der Waals surface area contributed by atoms with Gasteiger partial charge in [-0.25, -0.2) is 4.79 Å². The fraction of sp³-hybridized carbons (Fsp3) is 0.300. The van der Waals surface area contributed by atoms with Gasteiger partial charge in [0, 0.05) is 24.6 Å². The molecule has 3 rings (SSSR count). The number of carbonyl (C=O) groups is 2. The molecule has 0 radical (unpaired) electrons. The predicted molar refractivity (Wildman–Crippen MR) is 97.0 cm³/mol. The van der Waals surface area contributed by atoms with Crippen molar-refractivity contribution >= 4 is 17.6 Å². The maximum Gasteiger partial charge on any atom is 0.335 e. The maximum atomic E-state index is 12.3. The topological polar surface area (TPSA) is 76.1 Å². The molecule has 0 bridgehead atoms. The van der Waals surface area contributed by atoms with Gasteiger partial charge in [-0.2, -0.15) is 0 Å². The number of carbonyl (C=O) groups excluding carboxylic acids is 1. The van der Waals surface area contributed by atoms with Crippen LogP contribution in [-0.2, 0) is 4.79 Å². The molecule has 0 aliphatic carbocycles. The number of hydrogen-bond acceptors (Lipinski definition) is 4. The van der Waals surface area contributed by atoms with Crippen LogP contribution in [0, 0.1) is 5.92 Å². The summed E-state index contributed by atoms with van der Waals surface area (Å²) in [7, 11) is 0. The van der Waals surface area contributed by atoms with Crippen LogP contribution in [0.4, 0.5) is 5.69 Å². The highest BCUT2D eigenvalue weighted by Crippen LogP contribution is 2.27. The summed E-state index contributed by atoms with van der Waals surface area (Å²) >= 11 is 0. The third kappa shape index (κ3) is 4.14. The summed E-state index contributed by atoms with van der Waals surface area (Å²) in [4.78, 5) is 24.9. The number of aromatic carboxylic acids is 1. The van der Waals surface area contributed by atoms with Gasteiger partial charge in [-0.05, 0) is 55.5 Å². The lowest BCUT2D eigenvalue weighted by atomic mass is 10.1. The molecule has 0 aromatic heterocycles. The van der Waals surface area contributed by atoms with E-state index in [0.717, 1.165) is 11.4 Å². The largest absolute Gasteiger partial charge is 0.494 e. The number of ether oxygens (including phenoxy) is 2. The van der Waals surface area contributed by atoms with Crippen molar-refractivity contribution in [1.29, 1.82) is 0 Å². The van der Waals surface area contributed by atoms with E-state index in [1.165, 1.54) is 12.1 Å². The van der Waals surface area contributed by atoms with Crippen LogP contribution in [0.2, 0.25) is 0 Å². The number of nitrogens with zero attached hydrogens (tertiary/aromatic N) is 1. The number of rotatable bonds is 7. The molecule has 1 unspecified atom stereocenters.